The van der Waals surface area contributed by atoms with Crippen molar-refractivity contribution >= 4 is 18.7 Å². The van der Waals surface area contributed by atoms with E-state index < -0.39 is 7.60 Å². The van der Waals surface area contributed by atoms with E-state index in [1.165, 1.54) is 0 Å². The molecule has 5 heteroatoms. The zero-order valence-electron chi connectivity index (χ0n) is 10.4. The van der Waals surface area contributed by atoms with E-state index in [4.69, 9.17) is 9.05 Å². The summed E-state index contributed by atoms with van der Waals surface area (Å²) in [6.07, 6.45) is 0. The normalized spacial score (nSPS) is 12.8. The van der Waals surface area contributed by atoms with Crippen molar-refractivity contribution in [2.75, 3.05) is 13.2 Å². The molecule has 0 atom stereocenters. The molecule has 94 valence electrons. The summed E-state index contributed by atoms with van der Waals surface area (Å²) in [5.41, 5.74) is 1.12. The average molecular weight is 255 g/mol. The first-order chi connectivity index (χ1) is 8.12. The molecule has 1 aromatic carbocycles. The summed E-state index contributed by atoms with van der Waals surface area (Å²) in [6, 6.07) is 9.33. The Bertz CT molecular complexity index is 407. The van der Waals surface area contributed by atoms with E-state index in [9.17, 15) is 4.57 Å². The number of hydrogen-bond donors (Lipinski definition) is 0. The Kier molecular flexibility index (Phi) is 5.56. The highest BCUT2D eigenvalue weighted by molar-refractivity contribution is 7.72. The lowest BCUT2D eigenvalue weighted by Gasteiger charge is -2.16. The van der Waals surface area contributed by atoms with Gasteiger partial charge >= 0.3 is 7.60 Å². The summed E-state index contributed by atoms with van der Waals surface area (Å²) in [7, 11) is -3.23. The van der Waals surface area contributed by atoms with Crippen molar-refractivity contribution < 1.29 is 13.6 Å². The first-order valence-corrected chi connectivity index (χ1v) is 7.16. The van der Waals surface area contributed by atoms with Crippen LogP contribution in [0.5, 0.6) is 0 Å². The lowest BCUT2D eigenvalue weighted by atomic mass is 10.3. The van der Waals surface area contributed by atoms with E-state index in [0.717, 1.165) is 5.69 Å². The molecular weight excluding hydrogens is 237 g/mol. The second-order valence-corrected chi connectivity index (χ2v) is 5.49. The van der Waals surface area contributed by atoms with Gasteiger partial charge in [-0.1, -0.05) is 18.2 Å². The summed E-state index contributed by atoms with van der Waals surface area (Å²) < 4.78 is 22.8. The van der Waals surface area contributed by atoms with Gasteiger partial charge in [-0.05, 0) is 32.9 Å². The van der Waals surface area contributed by atoms with Gasteiger partial charge in [-0.3, -0.25) is 4.57 Å². The number of rotatable bonds is 6. The predicted molar refractivity (Wildman–Crippen MR) is 70.1 cm³/mol. The van der Waals surface area contributed by atoms with Crippen LogP contribution in [0.25, 0.3) is 0 Å². The van der Waals surface area contributed by atoms with Gasteiger partial charge in [-0.2, -0.15) is 0 Å². The SMILES string of the molecule is CCOP(=O)(OCC)C(C)=Nc1ccccc1. The Morgan fingerprint density at radius 1 is 1.18 bits per heavy atom. The summed E-state index contributed by atoms with van der Waals surface area (Å²) in [5, 5.41) is 0. The molecule has 0 aromatic heterocycles. The number of nitrogens with zero attached hydrogens (tertiary/aromatic N) is 1. The van der Waals surface area contributed by atoms with Gasteiger partial charge in [0, 0.05) is 0 Å². The number of para-hydroxylation sites is 1. The third-order valence-electron chi connectivity index (χ3n) is 2.04. The molecule has 0 radical (unpaired) electrons. The van der Waals surface area contributed by atoms with Crippen molar-refractivity contribution in [1.29, 1.82) is 0 Å². The van der Waals surface area contributed by atoms with Gasteiger partial charge in [-0.25, -0.2) is 4.99 Å². The van der Waals surface area contributed by atoms with E-state index in [2.05, 4.69) is 4.99 Å². The molecule has 0 unspecified atom stereocenters. The number of hydrogen-bond acceptors (Lipinski definition) is 4. The molecule has 17 heavy (non-hydrogen) atoms. The molecule has 4 nitrogen and oxygen atoms in total. The van der Waals surface area contributed by atoms with Crippen LogP contribution in [0.3, 0.4) is 0 Å². The van der Waals surface area contributed by atoms with Gasteiger partial charge in [0.15, 0.2) is 0 Å². The molecule has 0 heterocycles. The maximum atomic E-state index is 12.3. The standard InChI is InChI=1S/C12H18NO3P/c1-4-15-17(14,16-5-2)11(3)13-12-9-7-6-8-10-12/h6-10H,4-5H2,1-3H3. The average Bonchev–Trinajstić information content (AvgIpc) is 2.31. The second kappa shape index (κ2) is 6.70. The van der Waals surface area contributed by atoms with Gasteiger partial charge in [0.1, 0.15) is 5.45 Å². The second-order valence-electron chi connectivity index (χ2n) is 3.33. The fourth-order valence-corrected chi connectivity index (χ4v) is 2.68. The summed E-state index contributed by atoms with van der Waals surface area (Å²) >= 11 is 0. The zero-order chi connectivity index (χ0) is 12.7. The molecule has 0 saturated carbocycles. The predicted octanol–water partition coefficient (Wildman–Crippen LogP) is 4.00. The molecule has 0 aliphatic carbocycles. The molecule has 0 saturated heterocycles. The third kappa shape index (κ3) is 4.08. The molecule has 1 aromatic rings. The van der Waals surface area contributed by atoms with Gasteiger partial charge < -0.3 is 9.05 Å². The van der Waals surface area contributed by atoms with Crippen LogP contribution in [-0.2, 0) is 13.6 Å². The minimum absolute atomic E-state index is 0.332. The molecule has 0 aliphatic heterocycles. The fraction of sp³-hybridized carbons (Fsp3) is 0.417. The molecule has 0 bridgehead atoms. The number of aliphatic imine (C=N–C) groups is 1. The van der Waals surface area contributed by atoms with Crippen LogP contribution in [0.1, 0.15) is 20.8 Å². The van der Waals surface area contributed by atoms with Crippen LogP contribution >= 0.6 is 7.60 Å². The lowest BCUT2D eigenvalue weighted by Crippen LogP contribution is -2.03. The Balaban J connectivity index is 2.96. The molecule has 0 aliphatic rings. The van der Waals surface area contributed by atoms with E-state index in [1.54, 1.807) is 20.8 Å². The Morgan fingerprint density at radius 2 is 1.71 bits per heavy atom. The smallest absolute Gasteiger partial charge is 0.305 e. The molecule has 0 amide bonds. The Hall–Kier alpha value is -0.960. The van der Waals surface area contributed by atoms with E-state index in [1.807, 2.05) is 30.3 Å². The first kappa shape index (κ1) is 14.1. The number of benzene rings is 1. The van der Waals surface area contributed by atoms with E-state index in [-0.39, 0.29) is 0 Å². The van der Waals surface area contributed by atoms with Crippen molar-refractivity contribution in [3.8, 4) is 0 Å². The Morgan fingerprint density at radius 3 is 2.18 bits per heavy atom. The molecule has 0 fully saturated rings. The Labute approximate surface area is 102 Å². The van der Waals surface area contributed by atoms with E-state index >= 15 is 0 Å². The minimum Gasteiger partial charge on any atom is -0.305 e. The quantitative estimate of drug-likeness (QED) is 0.570. The van der Waals surface area contributed by atoms with Crippen LogP contribution in [0.4, 0.5) is 5.69 Å². The summed E-state index contributed by atoms with van der Waals surface area (Å²) in [6.45, 7) is 5.89. The highest BCUT2D eigenvalue weighted by atomic mass is 31.2. The van der Waals surface area contributed by atoms with Gasteiger partial charge in [0.25, 0.3) is 0 Å². The van der Waals surface area contributed by atoms with Gasteiger partial charge in [0.05, 0.1) is 18.9 Å². The molecule has 0 spiro atoms. The van der Waals surface area contributed by atoms with Gasteiger partial charge in [0.2, 0.25) is 0 Å². The topological polar surface area (TPSA) is 47.9 Å². The minimum atomic E-state index is -3.23. The maximum absolute atomic E-state index is 12.3. The monoisotopic (exact) mass is 255 g/mol. The van der Waals surface area contributed by atoms with Crippen molar-refractivity contribution in [3.05, 3.63) is 30.3 Å². The summed E-state index contributed by atoms with van der Waals surface area (Å²) in [5.74, 6) is 0. The van der Waals surface area contributed by atoms with Crippen molar-refractivity contribution in [2.45, 2.75) is 20.8 Å². The highest BCUT2D eigenvalue weighted by Gasteiger charge is 2.27. The van der Waals surface area contributed by atoms with Crippen LogP contribution < -0.4 is 0 Å². The molecule has 0 N–H and O–H groups in total. The van der Waals surface area contributed by atoms with E-state index in [0.29, 0.717) is 18.7 Å². The van der Waals surface area contributed by atoms with Gasteiger partial charge in [-0.15, -0.1) is 0 Å². The zero-order valence-corrected chi connectivity index (χ0v) is 11.3. The third-order valence-corrected chi connectivity index (χ3v) is 4.13. The molecule has 1 rings (SSSR count). The van der Waals surface area contributed by atoms with Crippen molar-refractivity contribution in [1.82, 2.24) is 0 Å². The highest BCUT2D eigenvalue weighted by Crippen LogP contribution is 2.50. The van der Waals surface area contributed by atoms with Crippen molar-refractivity contribution in [2.24, 2.45) is 4.99 Å². The first-order valence-electron chi connectivity index (χ1n) is 5.62. The fourth-order valence-electron chi connectivity index (χ4n) is 1.31. The van der Waals surface area contributed by atoms with Crippen LogP contribution in [0, 0.1) is 0 Å². The summed E-state index contributed by atoms with van der Waals surface area (Å²) in [4.78, 5) is 4.27. The van der Waals surface area contributed by atoms with Crippen LogP contribution in [0.15, 0.2) is 35.3 Å². The molecular formula is C12H18NO3P. The van der Waals surface area contributed by atoms with Crippen LogP contribution in [-0.4, -0.2) is 18.7 Å². The lowest BCUT2D eigenvalue weighted by molar-refractivity contribution is 0.232. The maximum Gasteiger partial charge on any atom is 0.375 e. The van der Waals surface area contributed by atoms with Crippen LogP contribution in [0.2, 0.25) is 0 Å². The van der Waals surface area contributed by atoms with Crippen molar-refractivity contribution in [3.63, 3.8) is 0 Å². The largest absolute Gasteiger partial charge is 0.375 e.